The third-order valence-electron chi connectivity index (χ3n) is 3.01. The molecule has 0 aromatic carbocycles. The summed E-state index contributed by atoms with van der Waals surface area (Å²) >= 11 is 0. The summed E-state index contributed by atoms with van der Waals surface area (Å²) < 4.78 is 0. The summed E-state index contributed by atoms with van der Waals surface area (Å²) in [5, 5.41) is 0. The van der Waals surface area contributed by atoms with Gasteiger partial charge in [0.25, 0.3) is 0 Å². The third-order valence-corrected chi connectivity index (χ3v) is 3.01. The highest BCUT2D eigenvalue weighted by Crippen LogP contribution is 2.13. The Balaban J connectivity index is 2.46. The average Bonchev–Trinajstić information content (AvgIpc) is 2.31. The van der Waals surface area contributed by atoms with E-state index in [2.05, 4.69) is 29.8 Å². The molecule has 2 N–H and O–H groups in total. The summed E-state index contributed by atoms with van der Waals surface area (Å²) in [7, 11) is 0. The van der Waals surface area contributed by atoms with Crippen molar-refractivity contribution in [2.75, 3.05) is 19.6 Å². The minimum atomic E-state index is 0.105. The number of hydrogen-bond acceptors (Lipinski definition) is 3. The highest BCUT2D eigenvalue weighted by Gasteiger charge is 2.08. The maximum absolute atomic E-state index is 6.14. The smallest absolute Gasteiger partial charge is 0.0372 e. The van der Waals surface area contributed by atoms with Gasteiger partial charge in [-0.2, -0.15) is 0 Å². The number of rotatable bonds is 6. The van der Waals surface area contributed by atoms with Crippen molar-refractivity contribution in [3.63, 3.8) is 0 Å². The first-order valence-corrected chi connectivity index (χ1v) is 6.07. The largest absolute Gasteiger partial charge is 0.324 e. The molecule has 0 radical (unpaired) electrons. The Labute approximate surface area is 98.7 Å². The maximum atomic E-state index is 6.14. The van der Waals surface area contributed by atoms with E-state index in [0.717, 1.165) is 37.3 Å². The van der Waals surface area contributed by atoms with Crippen molar-refractivity contribution in [1.29, 1.82) is 0 Å². The van der Waals surface area contributed by atoms with Crippen molar-refractivity contribution < 1.29 is 0 Å². The Morgan fingerprint density at radius 3 is 2.50 bits per heavy atom. The van der Waals surface area contributed by atoms with Gasteiger partial charge in [0.05, 0.1) is 0 Å². The number of nitrogens with two attached hydrogens (primary N) is 1. The summed E-state index contributed by atoms with van der Waals surface area (Å²) in [5.74, 6) is 0. The molecule has 0 aliphatic carbocycles. The number of pyridine rings is 1. The van der Waals surface area contributed by atoms with E-state index in [-0.39, 0.29) is 6.04 Å². The third kappa shape index (κ3) is 3.91. The lowest BCUT2D eigenvalue weighted by Gasteiger charge is -2.20. The Kier molecular flexibility index (Phi) is 5.43. The second kappa shape index (κ2) is 6.61. The Hall–Kier alpha value is -0.930. The minimum absolute atomic E-state index is 0.105. The van der Waals surface area contributed by atoms with Crippen LogP contribution >= 0.6 is 0 Å². The zero-order valence-electron chi connectivity index (χ0n) is 10.6. The number of aromatic nitrogens is 1. The lowest BCUT2D eigenvalue weighted by Crippen LogP contribution is -2.27. The Morgan fingerprint density at radius 1 is 1.31 bits per heavy atom. The van der Waals surface area contributed by atoms with E-state index in [1.807, 2.05) is 19.2 Å². The normalized spacial score (nSPS) is 13.1. The van der Waals surface area contributed by atoms with Gasteiger partial charge in [-0.3, -0.25) is 4.98 Å². The molecule has 3 heteroatoms. The fourth-order valence-corrected chi connectivity index (χ4v) is 1.73. The van der Waals surface area contributed by atoms with Gasteiger partial charge in [0, 0.05) is 17.9 Å². The van der Waals surface area contributed by atoms with Crippen LogP contribution in [0.4, 0.5) is 0 Å². The quantitative estimate of drug-likeness (QED) is 0.800. The zero-order chi connectivity index (χ0) is 12.0. The number of nitrogens with zero attached hydrogens (tertiary/aromatic N) is 2. The lowest BCUT2D eigenvalue weighted by molar-refractivity contribution is 0.291. The first kappa shape index (κ1) is 13.1. The van der Waals surface area contributed by atoms with Crippen molar-refractivity contribution in [3.8, 4) is 0 Å². The van der Waals surface area contributed by atoms with Crippen molar-refractivity contribution in [3.05, 3.63) is 29.6 Å². The highest BCUT2D eigenvalue weighted by atomic mass is 15.1. The number of aryl methyl sites for hydroxylation is 1. The van der Waals surface area contributed by atoms with Gasteiger partial charge in [-0.1, -0.05) is 19.9 Å². The molecule has 1 aromatic heterocycles. The molecule has 0 fully saturated rings. The molecule has 1 aromatic rings. The van der Waals surface area contributed by atoms with Crippen LogP contribution in [0.25, 0.3) is 0 Å². The van der Waals surface area contributed by atoms with Gasteiger partial charge in [0.1, 0.15) is 0 Å². The molecule has 0 amide bonds. The molecule has 0 aliphatic heterocycles. The first-order valence-electron chi connectivity index (χ1n) is 6.07. The van der Waals surface area contributed by atoms with Crippen LogP contribution in [-0.2, 0) is 0 Å². The molecule has 1 atom stereocenters. The molecule has 0 saturated carbocycles. The SMILES string of the molecule is CCN(CC)CCC(N)c1ccc(C)nc1. The minimum Gasteiger partial charge on any atom is -0.324 e. The monoisotopic (exact) mass is 221 g/mol. The van der Waals surface area contributed by atoms with Crippen LogP contribution in [0.3, 0.4) is 0 Å². The predicted octanol–water partition coefficient (Wildman–Crippen LogP) is 2.12. The molecule has 0 saturated heterocycles. The Bertz CT molecular complexity index is 291. The van der Waals surface area contributed by atoms with E-state index in [1.165, 1.54) is 0 Å². The first-order chi connectivity index (χ1) is 7.67. The fraction of sp³-hybridized carbons (Fsp3) is 0.615. The summed E-state index contributed by atoms with van der Waals surface area (Å²) in [4.78, 5) is 6.66. The standard InChI is InChI=1S/C13H23N3/c1-4-16(5-2)9-8-13(14)12-7-6-11(3)15-10-12/h6-7,10,13H,4-5,8-9,14H2,1-3H3. The van der Waals surface area contributed by atoms with Gasteiger partial charge < -0.3 is 10.6 Å². The van der Waals surface area contributed by atoms with Crippen LogP contribution in [0.1, 0.15) is 37.6 Å². The maximum Gasteiger partial charge on any atom is 0.0372 e. The van der Waals surface area contributed by atoms with Gasteiger partial charge in [0.15, 0.2) is 0 Å². The molecule has 1 heterocycles. The molecule has 0 spiro atoms. The summed E-state index contributed by atoms with van der Waals surface area (Å²) in [5.41, 5.74) is 8.31. The van der Waals surface area contributed by atoms with Gasteiger partial charge in [-0.15, -0.1) is 0 Å². The molecule has 3 nitrogen and oxygen atoms in total. The second-order valence-corrected chi connectivity index (χ2v) is 4.15. The van der Waals surface area contributed by atoms with Crippen molar-refractivity contribution in [1.82, 2.24) is 9.88 Å². The summed E-state index contributed by atoms with van der Waals surface area (Å²) in [6, 6.07) is 4.20. The molecular weight excluding hydrogens is 198 g/mol. The molecule has 0 bridgehead atoms. The van der Waals surface area contributed by atoms with E-state index in [0.29, 0.717) is 0 Å². The van der Waals surface area contributed by atoms with Crippen LogP contribution in [0.15, 0.2) is 18.3 Å². The van der Waals surface area contributed by atoms with E-state index in [1.54, 1.807) is 0 Å². The predicted molar refractivity (Wildman–Crippen MR) is 68.3 cm³/mol. The van der Waals surface area contributed by atoms with E-state index >= 15 is 0 Å². The molecule has 16 heavy (non-hydrogen) atoms. The highest BCUT2D eigenvalue weighted by molar-refractivity contribution is 5.16. The van der Waals surface area contributed by atoms with Crippen LogP contribution < -0.4 is 5.73 Å². The fourth-order valence-electron chi connectivity index (χ4n) is 1.73. The summed E-state index contributed by atoms with van der Waals surface area (Å²) in [6.45, 7) is 9.60. The van der Waals surface area contributed by atoms with Crippen LogP contribution in [0.5, 0.6) is 0 Å². The molecule has 90 valence electrons. The summed E-state index contributed by atoms with van der Waals surface area (Å²) in [6.07, 6.45) is 2.88. The zero-order valence-corrected chi connectivity index (χ0v) is 10.6. The van der Waals surface area contributed by atoms with Crippen LogP contribution in [-0.4, -0.2) is 29.5 Å². The van der Waals surface area contributed by atoms with Crippen LogP contribution in [0, 0.1) is 6.92 Å². The van der Waals surface area contributed by atoms with E-state index in [4.69, 9.17) is 5.73 Å². The lowest BCUT2D eigenvalue weighted by atomic mass is 10.1. The molecule has 1 unspecified atom stereocenters. The average molecular weight is 221 g/mol. The van der Waals surface area contributed by atoms with Gasteiger partial charge in [-0.25, -0.2) is 0 Å². The molecular formula is C13H23N3. The van der Waals surface area contributed by atoms with E-state index < -0.39 is 0 Å². The second-order valence-electron chi connectivity index (χ2n) is 4.15. The van der Waals surface area contributed by atoms with Gasteiger partial charge >= 0.3 is 0 Å². The van der Waals surface area contributed by atoms with Crippen molar-refractivity contribution in [2.24, 2.45) is 5.73 Å². The van der Waals surface area contributed by atoms with Gasteiger partial charge in [-0.05, 0) is 44.6 Å². The molecule has 0 aliphatic rings. The molecule has 1 rings (SSSR count). The van der Waals surface area contributed by atoms with Crippen molar-refractivity contribution in [2.45, 2.75) is 33.2 Å². The topological polar surface area (TPSA) is 42.1 Å². The Morgan fingerprint density at radius 2 is 2.00 bits per heavy atom. The van der Waals surface area contributed by atoms with E-state index in [9.17, 15) is 0 Å². The number of hydrogen-bond donors (Lipinski definition) is 1. The van der Waals surface area contributed by atoms with Gasteiger partial charge in [0.2, 0.25) is 0 Å². The van der Waals surface area contributed by atoms with Crippen molar-refractivity contribution >= 4 is 0 Å². The van der Waals surface area contributed by atoms with Crippen LogP contribution in [0.2, 0.25) is 0 Å².